The van der Waals surface area contributed by atoms with E-state index in [4.69, 9.17) is 13.3 Å². The van der Waals surface area contributed by atoms with Crippen molar-refractivity contribution in [1.82, 2.24) is 0 Å². The second-order valence-corrected chi connectivity index (χ2v) is 9.78. The maximum atomic E-state index is 6.31. The van der Waals surface area contributed by atoms with Gasteiger partial charge in [0.05, 0.1) is 0 Å². The number of hydrogen-bond donors (Lipinski definition) is 0. The van der Waals surface area contributed by atoms with Gasteiger partial charge in [0.2, 0.25) is 0 Å². The summed E-state index contributed by atoms with van der Waals surface area (Å²) in [5.74, 6) is 0.528. The lowest BCUT2D eigenvalue weighted by Gasteiger charge is -2.44. The van der Waals surface area contributed by atoms with Crippen molar-refractivity contribution < 1.29 is 13.3 Å². The first-order chi connectivity index (χ1) is 9.91. The molecular weight excluding hydrogens is 280 g/mol. The van der Waals surface area contributed by atoms with Crippen molar-refractivity contribution in [2.45, 2.75) is 85.6 Å². The molecule has 0 bridgehead atoms. The Hall–Kier alpha value is 0.0969. The van der Waals surface area contributed by atoms with Crippen LogP contribution in [0.5, 0.6) is 0 Å². The highest BCUT2D eigenvalue weighted by atomic mass is 28.4. The molecule has 0 rings (SSSR count). The van der Waals surface area contributed by atoms with Gasteiger partial charge in [-0.2, -0.15) is 0 Å². The predicted octanol–water partition coefficient (Wildman–Crippen LogP) is 5.42. The third-order valence-electron chi connectivity index (χ3n) is 4.23. The van der Waals surface area contributed by atoms with Crippen LogP contribution in [0.2, 0.25) is 5.04 Å². The number of rotatable bonds is 13. The van der Waals surface area contributed by atoms with E-state index in [0.717, 1.165) is 39.1 Å². The quantitative estimate of drug-likeness (QED) is 0.424. The lowest BCUT2D eigenvalue weighted by Crippen LogP contribution is -2.57. The molecule has 0 radical (unpaired) electrons. The summed E-state index contributed by atoms with van der Waals surface area (Å²) in [5.41, 5.74) is 0. The summed E-state index contributed by atoms with van der Waals surface area (Å²) < 4.78 is 18.9. The minimum absolute atomic E-state index is 0.0531. The van der Waals surface area contributed by atoms with Crippen molar-refractivity contribution >= 4 is 8.80 Å². The molecule has 1 atom stereocenters. The molecule has 0 fully saturated rings. The Bertz CT molecular complexity index is 235. The lowest BCUT2D eigenvalue weighted by molar-refractivity contribution is 0.0273. The molecular formula is C17H38O3Si. The van der Waals surface area contributed by atoms with Gasteiger partial charge in [0.1, 0.15) is 0 Å². The molecule has 0 saturated carbocycles. The van der Waals surface area contributed by atoms with Crippen molar-refractivity contribution in [3.05, 3.63) is 0 Å². The van der Waals surface area contributed by atoms with Crippen LogP contribution in [0.25, 0.3) is 0 Å². The Morgan fingerprint density at radius 2 is 1.14 bits per heavy atom. The highest BCUT2D eigenvalue weighted by Gasteiger charge is 2.57. The molecule has 0 aliphatic heterocycles. The maximum Gasteiger partial charge on any atom is 0.507 e. The molecule has 0 aliphatic rings. The molecule has 1 unspecified atom stereocenters. The Labute approximate surface area is 134 Å². The van der Waals surface area contributed by atoms with Gasteiger partial charge in [-0.25, -0.2) is 0 Å². The average molecular weight is 319 g/mol. The van der Waals surface area contributed by atoms with Crippen LogP contribution >= 0.6 is 0 Å². The zero-order valence-electron chi connectivity index (χ0n) is 15.5. The highest BCUT2D eigenvalue weighted by molar-refractivity contribution is 6.64. The van der Waals surface area contributed by atoms with E-state index >= 15 is 0 Å². The smallest absolute Gasteiger partial charge is 0.373 e. The Kier molecular flexibility index (Phi) is 10.8. The molecule has 0 saturated heterocycles. The molecule has 0 heterocycles. The lowest BCUT2D eigenvalue weighted by atomic mass is 9.92. The minimum Gasteiger partial charge on any atom is -0.373 e. The Morgan fingerprint density at radius 1 is 0.762 bits per heavy atom. The molecule has 21 heavy (non-hydrogen) atoms. The first-order valence-corrected chi connectivity index (χ1v) is 10.6. The molecule has 0 spiro atoms. The summed E-state index contributed by atoms with van der Waals surface area (Å²) in [5, 5.41) is -0.0531. The van der Waals surface area contributed by atoms with Crippen LogP contribution in [0, 0.1) is 5.92 Å². The number of hydrogen-bond acceptors (Lipinski definition) is 3. The molecule has 0 aliphatic carbocycles. The molecule has 3 nitrogen and oxygen atoms in total. The first-order valence-electron chi connectivity index (χ1n) is 8.83. The molecule has 0 amide bonds. The molecule has 0 N–H and O–H groups in total. The van der Waals surface area contributed by atoms with E-state index in [1.807, 2.05) is 0 Å². The van der Waals surface area contributed by atoms with E-state index < -0.39 is 8.80 Å². The summed E-state index contributed by atoms with van der Waals surface area (Å²) in [4.78, 5) is 0. The van der Waals surface area contributed by atoms with Gasteiger partial charge in [-0.3, -0.25) is 0 Å². The van der Waals surface area contributed by atoms with Crippen LogP contribution in [-0.4, -0.2) is 28.6 Å². The SMILES string of the molecule is CCCO[Si](OCCC)(OCCC)C(C)(C)C(C)CCC. The van der Waals surface area contributed by atoms with Crippen molar-refractivity contribution in [3.8, 4) is 0 Å². The summed E-state index contributed by atoms with van der Waals surface area (Å²) >= 11 is 0. The van der Waals surface area contributed by atoms with E-state index in [9.17, 15) is 0 Å². The summed E-state index contributed by atoms with van der Waals surface area (Å²) in [7, 11) is -2.69. The summed E-state index contributed by atoms with van der Waals surface area (Å²) in [6.07, 6.45) is 5.36. The second-order valence-electron chi connectivity index (χ2n) is 6.51. The molecule has 128 valence electrons. The van der Waals surface area contributed by atoms with Gasteiger partial charge in [0.15, 0.2) is 0 Å². The molecule has 0 aromatic carbocycles. The van der Waals surface area contributed by atoms with Gasteiger partial charge >= 0.3 is 8.80 Å². The normalized spacial score (nSPS) is 14.4. The van der Waals surface area contributed by atoms with Crippen LogP contribution in [0.3, 0.4) is 0 Å². The average Bonchev–Trinajstić information content (AvgIpc) is 2.46. The van der Waals surface area contributed by atoms with Crippen molar-refractivity contribution in [1.29, 1.82) is 0 Å². The minimum atomic E-state index is -2.69. The monoisotopic (exact) mass is 318 g/mol. The van der Waals surface area contributed by atoms with Crippen LogP contribution in [0.1, 0.15) is 80.6 Å². The van der Waals surface area contributed by atoms with Gasteiger partial charge < -0.3 is 13.3 Å². The topological polar surface area (TPSA) is 27.7 Å². The predicted molar refractivity (Wildman–Crippen MR) is 92.6 cm³/mol. The van der Waals surface area contributed by atoms with E-state index in [0.29, 0.717) is 5.92 Å². The van der Waals surface area contributed by atoms with Crippen molar-refractivity contribution in [2.75, 3.05) is 19.8 Å². The fourth-order valence-corrected chi connectivity index (χ4v) is 6.02. The van der Waals surface area contributed by atoms with Crippen molar-refractivity contribution in [2.24, 2.45) is 5.92 Å². The van der Waals surface area contributed by atoms with Crippen LogP contribution < -0.4 is 0 Å². The maximum absolute atomic E-state index is 6.31. The van der Waals surface area contributed by atoms with E-state index in [1.54, 1.807) is 0 Å². The fraction of sp³-hybridized carbons (Fsp3) is 1.00. The summed E-state index contributed by atoms with van der Waals surface area (Å²) in [6.45, 7) is 17.7. The van der Waals surface area contributed by atoms with Crippen molar-refractivity contribution in [3.63, 3.8) is 0 Å². The van der Waals surface area contributed by atoms with Gasteiger partial charge in [0.25, 0.3) is 0 Å². The van der Waals surface area contributed by atoms with Crippen LogP contribution in [0.4, 0.5) is 0 Å². The molecule has 0 aromatic rings. The Morgan fingerprint density at radius 3 is 1.43 bits per heavy atom. The first kappa shape index (κ1) is 21.1. The zero-order valence-corrected chi connectivity index (χ0v) is 16.5. The highest BCUT2D eigenvalue weighted by Crippen LogP contribution is 2.48. The summed E-state index contributed by atoms with van der Waals surface area (Å²) in [6, 6.07) is 0. The van der Waals surface area contributed by atoms with E-state index in [2.05, 4.69) is 48.5 Å². The Balaban J connectivity index is 5.34. The molecule has 4 heteroatoms. The van der Waals surface area contributed by atoms with Gasteiger partial charge in [-0.05, 0) is 25.2 Å². The van der Waals surface area contributed by atoms with Crippen LogP contribution in [0.15, 0.2) is 0 Å². The van der Waals surface area contributed by atoms with Crippen LogP contribution in [-0.2, 0) is 13.3 Å². The van der Waals surface area contributed by atoms with E-state index in [-0.39, 0.29) is 5.04 Å². The third-order valence-corrected chi connectivity index (χ3v) is 8.06. The second kappa shape index (κ2) is 10.8. The van der Waals surface area contributed by atoms with Gasteiger partial charge in [-0.15, -0.1) is 0 Å². The van der Waals surface area contributed by atoms with E-state index in [1.165, 1.54) is 12.8 Å². The fourth-order valence-electron chi connectivity index (χ4n) is 2.49. The molecule has 0 aromatic heterocycles. The zero-order chi connectivity index (χ0) is 16.4. The van der Waals surface area contributed by atoms with Gasteiger partial charge in [0, 0.05) is 24.9 Å². The third kappa shape index (κ3) is 6.01. The largest absolute Gasteiger partial charge is 0.507 e. The standard InChI is InChI=1S/C17H38O3Si/c1-8-12-16(5)17(6,7)21(18-13-9-2,19-14-10-3)20-15-11-4/h16H,8-15H2,1-7H3. The van der Waals surface area contributed by atoms with Gasteiger partial charge in [-0.1, -0.05) is 61.3 Å².